The molecule has 9 heavy (non-hydrogen) atoms. The fourth-order valence-electron chi connectivity index (χ4n) is 0.473. The Kier molecular flexibility index (Phi) is 3.44. The third-order valence-electron chi connectivity index (χ3n) is 1.07. The molecule has 54 valence electrons. The molecule has 0 aromatic rings. The van der Waals surface area contributed by atoms with Gasteiger partial charge < -0.3 is 0 Å². The van der Waals surface area contributed by atoms with E-state index in [2.05, 4.69) is 19.6 Å². The molecular formula is C6H13ClOSi. The summed E-state index contributed by atoms with van der Waals surface area (Å²) in [5.41, 5.74) is 0. The molecular weight excluding hydrogens is 152 g/mol. The molecule has 0 amide bonds. The van der Waals surface area contributed by atoms with E-state index in [0.29, 0.717) is 6.42 Å². The molecule has 0 heterocycles. The lowest BCUT2D eigenvalue weighted by molar-refractivity contribution is -0.111. The van der Waals surface area contributed by atoms with Crippen molar-refractivity contribution in [2.24, 2.45) is 0 Å². The average Bonchev–Trinajstić information content (AvgIpc) is 1.59. The Morgan fingerprint density at radius 2 is 1.89 bits per heavy atom. The standard InChI is InChI=1S/C6H13ClOSi/c1-9(2,3)5-4-6(7)8/h4-5H2,1-3H3. The summed E-state index contributed by atoms with van der Waals surface area (Å²) < 4.78 is 0. The molecule has 0 radical (unpaired) electrons. The molecule has 0 bridgehead atoms. The molecule has 0 aromatic heterocycles. The van der Waals surface area contributed by atoms with Crippen LogP contribution in [0.2, 0.25) is 25.7 Å². The third-order valence-corrected chi connectivity index (χ3v) is 3.01. The lowest BCUT2D eigenvalue weighted by Gasteiger charge is -2.12. The molecule has 0 saturated carbocycles. The summed E-state index contributed by atoms with van der Waals surface area (Å²) in [5, 5.41) is -0.197. The van der Waals surface area contributed by atoms with E-state index in [1.807, 2.05) is 0 Å². The molecule has 0 spiro atoms. The highest BCUT2D eigenvalue weighted by Gasteiger charge is 2.13. The second-order valence-corrected chi connectivity index (χ2v) is 9.46. The molecule has 3 heteroatoms. The maximum atomic E-state index is 10.3. The Labute approximate surface area is 62.4 Å². The van der Waals surface area contributed by atoms with E-state index in [1.165, 1.54) is 0 Å². The second-order valence-electron chi connectivity index (χ2n) is 3.42. The van der Waals surface area contributed by atoms with Gasteiger partial charge in [0.25, 0.3) is 0 Å². The topological polar surface area (TPSA) is 17.1 Å². The van der Waals surface area contributed by atoms with Gasteiger partial charge >= 0.3 is 0 Å². The van der Waals surface area contributed by atoms with Gasteiger partial charge in [-0.05, 0) is 17.6 Å². The van der Waals surface area contributed by atoms with Gasteiger partial charge in [0, 0.05) is 14.5 Å². The van der Waals surface area contributed by atoms with Gasteiger partial charge in [0.2, 0.25) is 5.24 Å². The summed E-state index contributed by atoms with van der Waals surface area (Å²) in [4.78, 5) is 10.3. The number of hydrogen-bond acceptors (Lipinski definition) is 1. The van der Waals surface area contributed by atoms with Crippen LogP contribution in [0.5, 0.6) is 0 Å². The molecule has 0 atom stereocenters. The minimum Gasteiger partial charge on any atom is -0.281 e. The molecule has 0 unspecified atom stereocenters. The molecule has 0 aliphatic rings. The van der Waals surface area contributed by atoms with Crippen LogP contribution < -0.4 is 0 Å². The Balaban J connectivity index is 3.39. The van der Waals surface area contributed by atoms with Gasteiger partial charge in [-0.25, -0.2) is 0 Å². The zero-order chi connectivity index (χ0) is 7.49. The number of hydrogen-bond donors (Lipinski definition) is 0. The first-order valence-electron chi connectivity index (χ1n) is 3.10. The number of carbonyl (C=O) groups is 1. The van der Waals surface area contributed by atoms with Crippen molar-refractivity contribution in [3.05, 3.63) is 0 Å². The van der Waals surface area contributed by atoms with Crippen LogP contribution in [0.3, 0.4) is 0 Å². The van der Waals surface area contributed by atoms with Crippen molar-refractivity contribution in [3.63, 3.8) is 0 Å². The predicted molar refractivity (Wildman–Crippen MR) is 43.6 cm³/mol. The van der Waals surface area contributed by atoms with Crippen molar-refractivity contribution in [2.45, 2.75) is 32.1 Å². The molecule has 0 N–H and O–H groups in total. The van der Waals surface area contributed by atoms with Gasteiger partial charge in [0.1, 0.15) is 0 Å². The van der Waals surface area contributed by atoms with Crippen molar-refractivity contribution < 1.29 is 4.79 Å². The van der Waals surface area contributed by atoms with Gasteiger partial charge in [0.15, 0.2) is 0 Å². The number of rotatable bonds is 3. The van der Waals surface area contributed by atoms with Crippen LogP contribution in [-0.2, 0) is 4.79 Å². The van der Waals surface area contributed by atoms with E-state index >= 15 is 0 Å². The minimum absolute atomic E-state index is 0.197. The summed E-state index contributed by atoms with van der Waals surface area (Å²) in [7, 11) is -1.03. The van der Waals surface area contributed by atoms with Crippen molar-refractivity contribution in [3.8, 4) is 0 Å². The first kappa shape index (κ1) is 9.18. The van der Waals surface area contributed by atoms with Crippen LogP contribution in [0, 0.1) is 0 Å². The molecule has 0 fully saturated rings. The van der Waals surface area contributed by atoms with Gasteiger partial charge in [0.05, 0.1) is 0 Å². The first-order chi connectivity index (χ1) is 3.92. The highest BCUT2D eigenvalue weighted by molar-refractivity contribution is 6.77. The zero-order valence-electron chi connectivity index (χ0n) is 6.20. The van der Waals surface area contributed by atoms with E-state index in [4.69, 9.17) is 11.6 Å². The smallest absolute Gasteiger partial charge is 0.221 e. The maximum Gasteiger partial charge on any atom is 0.221 e. The van der Waals surface area contributed by atoms with E-state index in [0.717, 1.165) is 6.04 Å². The fraction of sp³-hybridized carbons (Fsp3) is 0.833. The van der Waals surface area contributed by atoms with E-state index in [9.17, 15) is 4.79 Å². The monoisotopic (exact) mass is 164 g/mol. The second kappa shape index (κ2) is 3.37. The SMILES string of the molecule is C[Si](C)(C)CCC(=O)Cl. The summed E-state index contributed by atoms with van der Waals surface area (Å²) in [6.45, 7) is 6.69. The van der Waals surface area contributed by atoms with E-state index in [1.54, 1.807) is 0 Å². The van der Waals surface area contributed by atoms with Crippen LogP contribution in [0.25, 0.3) is 0 Å². The van der Waals surface area contributed by atoms with Crippen molar-refractivity contribution >= 4 is 24.9 Å². The van der Waals surface area contributed by atoms with Crippen LogP contribution in [-0.4, -0.2) is 13.3 Å². The minimum atomic E-state index is -1.03. The molecule has 1 nitrogen and oxygen atoms in total. The first-order valence-corrected chi connectivity index (χ1v) is 7.19. The fourth-order valence-corrected chi connectivity index (χ4v) is 1.70. The molecule has 0 aromatic carbocycles. The predicted octanol–water partition coefficient (Wildman–Crippen LogP) is 2.48. The van der Waals surface area contributed by atoms with E-state index in [-0.39, 0.29) is 5.24 Å². The average molecular weight is 165 g/mol. The van der Waals surface area contributed by atoms with Gasteiger partial charge in [-0.3, -0.25) is 4.79 Å². The van der Waals surface area contributed by atoms with Crippen molar-refractivity contribution in [1.82, 2.24) is 0 Å². The Morgan fingerprint density at radius 1 is 1.44 bits per heavy atom. The Morgan fingerprint density at radius 3 is 2.00 bits per heavy atom. The number of halogens is 1. The summed E-state index contributed by atoms with van der Waals surface area (Å²) in [6, 6.07) is 1.01. The normalized spacial score (nSPS) is 11.6. The van der Waals surface area contributed by atoms with Crippen LogP contribution in [0.4, 0.5) is 0 Å². The van der Waals surface area contributed by atoms with Crippen LogP contribution >= 0.6 is 11.6 Å². The van der Waals surface area contributed by atoms with Gasteiger partial charge in [-0.2, -0.15) is 0 Å². The van der Waals surface area contributed by atoms with E-state index < -0.39 is 8.07 Å². The lowest BCUT2D eigenvalue weighted by Crippen LogP contribution is -2.19. The summed E-state index contributed by atoms with van der Waals surface area (Å²) >= 11 is 5.17. The summed E-state index contributed by atoms with van der Waals surface area (Å²) in [5.74, 6) is 0. The van der Waals surface area contributed by atoms with Crippen LogP contribution in [0.1, 0.15) is 6.42 Å². The Bertz CT molecular complexity index is 106. The highest BCUT2D eigenvalue weighted by Crippen LogP contribution is 2.11. The third kappa shape index (κ3) is 8.18. The number of carbonyl (C=O) groups excluding carboxylic acids is 1. The van der Waals surface area contributed by atoms with Crippen molar-refractivity contribution in [2.75, 3.05) is 0 Å². The lowest BCUT2D eigenvalue weighted by atomic mass is 10.5. The highest BCUT2D eigenvalue weighted by atomic mass is 35.5. The van der Waals surface area contributed by atoms with Crippen LogP contribution in [0.15, 0.2) is 0 Å². The van der Waals surface area contributed by atoms with Gasteiger partial charge in [-0.15, -0.1) is 0 Å². The Hall–Kier alpha value is 0.177. The zero-order valence-corrected chi connectivity index (χ0v) is 7.96. The molecule has 0 aliphatic heterocycles. The molecule has 0 rings (SSSR count). The largest absolute Gasteiger partial charge is 0.281 e. The van der Waals surface area contributed by atoms with Gasteiger partial charge in [-0.1, -0.05) is 19.6 Å². The quantitative estimate of drug-likeness (QED) is 0.463. The maximum absolute atomic E-state index is 10.3. The summed E-state index contributed by atoms with van der Waals surface area (Å²) in [6.07, 6.45) is 0.553. The molecule has 0 saturated heterocycles. The van der Waals surface area contributed by atoms with Crippen molar-refractivity contribution in [1.29, 1.82) is 0 Å². The molecule has 0 aliphatic carbocycles.